The molecule has 0 saturated heterocycles. The van der Waals surface area contributed by atoms with Crippen LogP contribution in [0.4, 0.5) is 0 Å². The monoisotopic (exact) mass is 756 g/mol. The minimum absolute atomic E-state index is 0. The van der Waals surface area contributed by atoms with E-state index in [1.165, 1.54) is 37.6 Å². The minimum Gasteiger partial charge on any atom is -0.506 e. The van der Waals surface area contributed by atoms with Crippen molar-refractivity contribution < 1.29 is 28.9 Å². The van der Waals surface area contributed by atoms with Crippen molar-refractivity contribution >= 4 is 25.0 Å². The molecule has 0 fully saturated rings. The molecule has 1 N–H and O–H groups in total. The largest absolute Gasteiger partial charge is 0.506 e. The Morgan fingerprint density at radius 1 is 0.704 bits per heavy atom. The molecule has 6 aromatic heterocycles. The molecule has 14 nitrogen and oxygen atoms in total. The van der Waals surface area contributed by atoms with Gasteiger partial charge in [-0.2, -0.15) is 10.2 Å². The van der Waals surface area contributed by atoms with Gasteiger partial charge in [0.15, 0.2) is 12.6 Å². The smallest absolute Gasteiger partial charge is 0.213 e. The van der Waals surface area contributed by atoms with Crippen LogP contribution in [0, 0.1) is 0 Å². The molecule has 0 aliphatic rings. The zero-order chi connectivity index (χ0) is 38.3. The second-order valence-corrected chi connectivity index (χ2v) is 12.0. The Labute approximate surface area is 320 Å². The lowest BCUT2D eigenvalue weighted by atomic mass is 10.1. The van der Waals surface area contributed by atoms with Gasteiger partial charge in [-0.3, -0.25) is 28.9 Å². The van der Waals surface area contributed by atoms with E-state index < -0.39 is 0 Å². The Hall–Kier alpha value is -6.15. The first-order valence-corrected chi connectivity index (χ1v) is 16.9. The molecule has 0 spiro atoms. The third-order valence-electron chi connectivity index (χ3n) is 7.89. The summed E-state index contributed by atoms with van der Waals surface area (Å²) in [5, 5.41) is 17.7. The molecule has 54 heavy (non-hydrogen) atoms. The van der Waals surface area contributed by atoms with Crippen molar-refractivity contribution in [3.05, 3.63) is 108 Å². The van der Waals surface area contributed by atoms with Gasteiger partial charge in [0.2, 0.25) is 11.8 Å². The van der Waals surface area contributed by atoms with Crippen LogP contribution in [0.3, 0.4) is 0 Å². The highest BCUT2D eigenvalue weighted by molar-refractivity contribution is 5.85. The molecule has 0 aliphatic heterocycles. The van der Waals surface area contributed by atoms with Gasteiger partial charge in [0, 0.05) is 84.3 Å². The lowest BCUT2D eigenvalue weighted by Gasteiger charge is -2.15. The molecule has 6 aromatic rings. The highest BCUT2D eigenvalue weighted by atomic mass is 35.5. The lowest BCUT2D eigenvalue weighted by Crippen LogP contribution is -2.06. The van der Waals surface area contributed by atoms with Crippen molar-refractivity contribution in [3.63, 3.8) is 0 Å². The van der Waals surface area contributed by atoms with Crippen LogP contribution >= 0.6 is 12.4 Å². The summed E-state index contributed by atoms with van der Waals surface area (Å²) in [5.41, 5.74) is 6.77. The molecule has 6 heterocycles. The number of aromatic nitrogens is 8. The number of carbonyl (C=O) groups excluding carboxylic acids is 2. The van der Waals surface area contributed by atoms with Crippen LogP contribution < -0.4 is 14.2 Å². The number of aldehydes is 2. The van der Waals surface area contributed by atoms with Crippen LogP contribution in [-0.4, -0.2) is 71.4 Å². The third kappa shape index (κ3) is 10.7. The second-order valence-electron chi connectivity index (χ2n) is 12.0. The zero-order valence-electron chi connectivity index (χ0n) is 31.3. The first-order chi connectivity index (χ1) is 25.6. The molecule has 284 valence electrons. The topological polar surface area (TPSA) is 169 Å². The number of methoxy groups -OCH3 is 2. The number of carbonyl (C=O) groups is 2. The minimum atomic E-state index is -0.138. The number of aromatic hydroxyl groups is 1. The number of halogens is 1. The Balaban J connectivity index is 0.000000238. The van der Waals surface area contributed by atoms with Crippen molar-refractivity contribution in [1.29, 1.82) is 0 Å². The summed E-state index contributed by atoms with van der Waals surface area (Å²) in [7, 11) is 2.95. The van der Waals surface area contributed by atoms with Crippen LogP contribution in [0.5, 0.6) is 23.3 Å². The summed E-state index contributed by atoms with van der Waals surface area (Å²) >= 11 is 0. The molecule has 0 saturated carbocycles. The summed E-state index contributed by atoms with van der Waals surface area (Å²) in [5.74, 6) is 1.22. The van der Waals surface area contributed by atoms with Crippen molar-refractivity contribution in [3.8, 4) is 45.8 Å². The standard InChI is InChI=1S/C19H20N4O3.C13H17N3.C7H7NO3.ClH/c1-13(2)23-17(4-7-22-23)16-10-20-6-5-18(16)26-12-15-9-21-19(25-3)8-14(15)11-24;1-4-11-5-7-14-9-12(11)13-6-8-15-16(13)10(2)3;1-11-7-2-5(4-9)6(10)3-8-7;/h4-11,13H,12H2,1-3H3;5-10H,4H2,1-3H3;2-4,10H,1H3;1H. The van der Waals surface area contributed by atoms with Crippen molar-refractivity contribution in [1.82, 2.24) is 39.5 Å². The Morgan fingerprint density at radius 3 is 1.80 bits per heavy atom. The summed E-state index contributed by atoms with van der Waals surface area (Å²) < 4.78 is 19.7. The van der Waals surface area contributed by atoms with Gasteiger partial charge in [0.05, 0.1) is 42.9 Å². The molecule has 0 unspecified atom stereocenters. The Bertz CT molecular complexity index is 2100. The van der Waals surface area contributed by atoms with Gasteiger partial charge in [-0.05, 0) is 63.9 Å². The fourth-order valence-electron chi connectivity index (χ4n) is 5.17. The second kappa shape index (κ2) is 20.8. The summed E-state index contributed by atoms with van der Waals surface area (Å²) in [6.07, 6.45) is 15.9. The molecule has 0 aromatic carbocycles. The van der Waals surface area contributed by atoms with Gasteiger partial charge in [-0.1, -0.05) is 6.92 Å². The van der Waals surface area contributed by atoms with Crippen molar-refractivity contribution in [2.75, 3.05) is 14.2 Å². The maximum Gasteiger partial charge on any atom is 0.213 e. The maximum absolute atomic E-state index is 11.3. The summed E-state index contributed by atoms with van der Waals surface area (Å²) in [4.78, 5) is 37.8. The molecule has 0 atom stereocenters. The van der Waals surface area contributed by atoms with Crippen molar-refractivity contribution in [2.24, 2.45) is 0 Å². The van der Waals surface area contributed by atoms with Crippen LogP contribution in [-0.2, 0) is 13.0 Å². The molecule has 0 amide bonds. The van der Waals surface area contributed by atoms with Crippen LogP contribution in [0.25, 0.3) is 22.5 Å². The zero-order valence-corrected chi connectivity index (χ0v) is 32.1. The van der Waals surface area contributed by atoms with E-state index in [0.717, 1.165) is 29.7 Å². The number of rotatable bonds is 12. The van der Waals surface area contributed by atoms with Crippen LogP contribution in [0.2, 0.25) is 0 Å². The molecule has 0 aliphatic carbocycles. The van der Waals surface area contributed by atoms with Gasteiger partial charge >= 0.3 is 0 Å². The molecule has 0 bridgehead atoms. The Morgan fingerprint density at radius 2 is 1.24 bits per heavy atom. The highest BCUT2D eigenvalue weighted by Crippen LogP contribution is 2.31. The Kier molecular flexibility index (Phi) is 16.3. The fourth-order valence-corrected chi connectivity index (χ4v) is 5.17. The molecule has 15 heteroatoms. The predicted molar refractivity (Wildman–Crippen MR) is 207 cm³/mol. The maximum atomic E-state index is 11.3. The van der Waals surface area contributed by atoms with Crippen LogP contribution in [0.1, 0.15) is 78.5 Å². The highest BCUT2D eigenvalue weighted by Gasteiger charge is 2.15. The summed E-state index contributed by atoms with van der Waals surface area (Å²) in [6, 6.07) is 11.4. The van der Waals surface area contributed by atoms with E-state index in [-0.39, 0.29) is 36.4 Å². The third-order valence-corrected chi connectivity index (χ3v) is 7.89. The quantitative estimate of drug-likeness (QED) is 0.123. The average Bonchev–Trinajstić information content (AvgIpc) is 3.89. The van der Waals surface area contributed by atoms with E-state index in [0.29, 0.717) is 41.0 Å². The number of ether oxygens (including phenoxy) is 3. The van der Waals surface area contributed by atoms with E-state index in [9.17, 15) is 9.59 Å². The van der Waals surface area contributed by atoms with E-state index >= 15 is 0 Å². The number of hydrogen-bond donors (Lipinski definition) is 1. The molecule has 0 radical (unpaired) electrons. The van der Waals surface area contributed by atoms with E-state index in [1.807, 2.05) is 34.0 Å². The van der Waals surface area contributed by atoms with Crippen molar-refractivity contribution in [2.45, 2.75) is 59.7 Å². The van der Waals surface area contributed by atoms with Gasteiger partial charge in [-0.15, -0.1) is 12.4 Å². The van der Waals surface area contributed by atoms with Gasteiger partial charge in [0.1, 0.15) is 18.1 Å². The first kappa shape index (κ1) is 42.3. The summed E-state index contributed by atoms with van der Waals surface area (Å²) in [6.45, 7) is 10.8. The first-order valence-electron chi connectivity index (χ1n) is 16.9. The number of hydrogen-bond acceptors (Lipinski definition) is 12. The number of nitrogens with zero attached hydrogens (tertiary/aromatic N) is 8. The van der Waals surface area contributed by atoms with Crippen LogP contribution in [0.15, 0.2) is 86.0 Å². The SMILES string of the molecule is CCc1ccncc1-c1ccnn1C(C)C.COc1cc(C=O)c(COc2ccncc2-c2ccnn2C(C)C)cn1.COc1cc(C=O)c(O)cn1.Cl. The molecule has 6 rings (SSSR count). The fraction of sp³-hybridized carbons (Fsp3) is 0.282. The van der Waals surface area contributed by atoms with Gasteiger partial charge in [-0.25, -0.2) is 9.97 Å². The molecular formula is C39H45ClN8O6. The normalized spacial score (nSPS) is 10.3. The molecular weight excluding hydrogens is 712 g/mol. The average molecular weight is 757 g/mol. The van der Waals surface area contributed by atoms with Gasteiger partial charge < -0.3 is 19.3 Å². The van der Waals surface area contributed by atoms with E-state index in [2.05, 4.69) is 76.9 Å². The number of aryl methyl sites for hydroxylation is 1. The van der Waals surface area contributed by atoms with E-state index in [4.69, 9.17) is 19.3 Å². The van der Waals surface area contributed by atoms with Gasteiger partial charge in [0.25, 0.3) is 0 Å². The van der Waals surface area contributed by atoms with E-state index in [1.54, 1.807) is 36.9 Å². The predicted octanol–water partition coefficient (Wildman–Crippen LogP) is 7.44. The lowest BCUT2D eigenvalue weighted by molar-refractivity contribution is 0.111. The number of pyridine rings is 4.